The summed E-state index contributed by atoms with van der Waals surface area (Å²) in [6.45, 7) is 4.81. The van der Waals surface area contributed by atoms with Gasteiger partial charge >= 0.3 is 5.97 Å². The van der Waals surface area contributed by atoms with E-state index in [0.29, 0.717) is 35.8 Å². The molecule has 1 aliphatic rings. The maximum Gasteiger partial charge on any atom is 0.338 e. The van der Waals surface area contributed by atoms with E-state index in [9.17, 15) is 18.3 Å². The summed E-state index contributed by atoms with van der Waals surface area (Å²) >= 11 is 0. The SMILES string of the molecule is CCOC(=O)c1ccc(-c2ccc(OCC(C)NCC(O)c3ccc4cc3NS(=O)(=O)c3cccc(c3)CO4)cc2)cc1. The van der Waals surface area contributed by atoms with E-state index in [1.54, 1.807) is 55.5 Å². The number of sulfonamides is 1. The van der Waals surface area contributed by atoms with Crippen LogP contribution in [0, 0.1) is 0 Å². The standard InChI is InChI=1S/C33H34N2O7S/c1-3-40-33(37)26-9-7-24(8-10-26)25-11-13-27(14-12-25)41-20-22(2)34-19-32(36)30-16-15-28-18-31(30)35-43(38,39)29-6-4-5-23(17-29)21-42-28/h4-18,22,32,34-36H,3,19-21H2,1-2H3. The summed E-state index contributed by atoms with van der Waals surface area (Å²) in [6.07, 6.45) is -0.988. The van der Waals surface area contributed by atoms with Crippen molar-refractivity contribution in [1.82, 2.24) is 5.32 Å². The number of nitrogens with one attached hydrogen (secondary N) is 2. The first-order chi connectivity index (χ1) is 20.7. The summed E-state index contributed by atoms with van der Waals surface area (Å²) in [5.41, 5.74) is 3.90. The van der Waals surface area contributed by atoms with Crippen molar-refractivity contribution >= 4 is 21.7 Å². The largest absolute Gasteiger partial charge is 0.492 e. The highest BCUT2D eigenvalue weighted by atomic mass is 32.2. The summed E-state index contributed by atoms with van der Waals surface area (Å²) in [5, 5.41) is 14.2. The zero-order valence-corrected chi connectivity index (χ0v) is 24.8. The third-order valence-electron chi connectivity index (χ3n) is 6.99. The van der Waals surface area contributed by atoms with Crippen molar-refractivity contribution in [2.75, 3.05) is 24.5 Å². The van der Waals surface area contributed by atoms with Gasteiger partial charge in [-0.3, -0.25) is 4.72 Å². The fourth-order valence-corrected chi connectivity index (χ4v) is 5.79. The first-order valence-electron chi connectivity index (χ1n) is 14.0. The predicted molar refractivity (Wildman–Crippen MR) is 164 cm³/mol. The first-order valence-corrected chi connectivity index (χ1v) is 15.5. The topological polar surface area (TPSA) is 123 Å². The van der Waals surface area contributed by atoms with Crippen molar-refractivity contribution in [3.8, 4) is 22.6 Å². The lowest BCUT2D eigenvalue weighted by atomic mass is 10.0. The third-order valence-corrected chi connectivity index (χ3v) is 8.35. The molecule has 0 aliphatic carbocycles. The van der Waals surface area contributed by atoms with Gasteiger partial charge in [-0.25, -0.2) is 13.2 Å². The third kappa shape index (κ3) is 7.53. The highest BCUT2D eigenvalue weighted by molar-refractivity contribution is 7.92. The molecule has 0 aromatic heterocycles. The molecule has 0 fully saturated rings. The molecule has 9 nitrogen and oxygen atoms in total. The Morgan fingerprint density at radius 2 is 1.72 bits per heavy atom. The number of carbonyl (C=O) groups excluding carboxylic acids is 1. The Hall–Kier alpha value is -4.38. The molecule has 0 saturated heterocycles. The molecule has 224 valence electrons. The first kappa shape index (κ1) is 30.1. The van der Waals surface area contributed by atoms with Gasteiger partial charge in [0.1, 0.15) is 24.7 Å². The average Bonchev–Trinajstić information content (AvgIpc) is 3.02. The minimum Gasteiger partial charge on any atom is -0.492 e. The Balaban J connectivity index is 1.16. The van der Waals surface area contributed by atoms with E-state index < -0.39 is 16.1 Å². The van der Waals surface area contributed by atoms with Gasteiger partial charge in [0.2, 0.25) is 0 Å². The van der Waals surface area contributed by atoms with Crippen LogP contribution in [0.25, 0.3) is 11.1 Å². The van der Waals surface area contributed by atoms with Crippen LogP contribution in [0.15, 0.2) is 95.9 Å². The zero-order chi connectivity index (χ0) is 30.4. The molecular weight excluding hydrogens is 568 g/mol. The van der Waals surface area contributed by atoms with Crippen LogP contribution >= 0.6 is 0 Å². The maximum absolute atomic E-state index is 13.0. The molecule has 43 heavy (non-hydrogen) atoms. The Kier molecular flexibility index (Phi) is 9.30. The van der Waals surface area contributed by atoms with E-state index in [4.69, 9.17) is 14.2 Å². The van der Waals surface area contributed by atoms with Gasteiger partial charge in [-0.15, -0.1) is 0 Å². The number of anilines is 1. The highest BCUT2D eigenvalue weighted by Crippen LogP contribution is 2.31. The van der Waals surface area contributed by atoms with E-state index in [1.807, 2.05) is 43.3 Å². The van der Waals surface area contributed by atoms with Gasteiger partial charge < -0.3 is 24.6 Å². The summed E-state index contributed by atoms with van der Waals surface area (Å²) in [6, 6.07) is 26.3. The predicted octanol–water partition coefficient (Wildman–Crippen LogP) is 5.31. The average molecular weight is 603 g/mol. The summed E-state index contributed by atoms with van der Waals surface area (Å²) < 4.78 is 45.5. The van der Waals surface area contributed by atoms with Crippen molar-refractivity contribution < 1.29 is 32.5 Å². The van der Waals surface area contributed by atoms with Crippen LogP contribution in [0.1, 0.15) is 41.4 Å². The van der Waals surface area contributed by atoms with Crippen molar-refractivity contribution in [3.63, 3.8) is 0 Å². The van der Waals surface area contributed by atoms with Crippen molar-refractivity contribution in [1.29, 1.82) is 0 Å². The van der Waals surface area contributed by atoms with Crippen molar-refractivity contribution in [2.24, 2.45) is 0 Å². The smallest absolute Gasteiger partial charge is 0.338 e. The van der Waals surface area contributed by atoms with Crippen molar-refractivity contribution in [2.45, 2.75) is 37.5 Å². The lowest BCUT2D eigenvalue weighted by Gasteiger charge is -2.22. The normalized spacial score (nSPS) is 14.9. The molecule has 1 aliphatic heterocycles. The van der Waals surface area contributed by atoms with Gasteiger partial charge in [0.15, 0.2) is 0 Å². The number of benzene rings is 4. The Morgan fingerprint density at radius 3 is 2.44 bits per heavy atom. The number of fused-ring (bicyclic) bond motifs is 4. The molecule has 2 unspecified atom stereocenters. The van der Waals surface area contributed by atoms with Crippen LogP contribution in [-0.4, -0.2) is 45.3 Å². The van der Waals surface area contributed by atoms with E-state index >= 15 is 0 Å². The summed E-state index contributed by atoms with van der Waals surface area (Å²) in [4.78, 5) is 12.0. The number of rotatable bonds is 10. The van der Waals surface area contributed by atoms with Gasteiger partial charge in [0.25, 0.3) is 10.0 Å². The minimum atomic E-state index is -3.85. The molecule has 5 rings (SSSR count). The van der Waals surface area contributed by atoms with Gasteiger partial charge in [-0.2, -0.15) is 0 Å². The second-order valence-electron chi connectivity index (χ2n) is 10.2. The number of aliphatic hydroxyl groups excluding tert-OH is 1. The molecule has 0 radical (unpaired) electrons. The van der Waals surface area contributed by atoms with Crippen LogP contribution in [0.4, 0.5) is 5.69 Å². The van der Waals surface area contributed by atoms with E-state index in [0.717, 1.165) is 16.7 Å². The maximum atomic E-state index is 13.0. The zero-order valence-electron chi connectivity index (χ0n) is 23.9. The molecule has 10 heteroatoms. The van der Waals surface area contributed by atoms with Gasteiger partial charge in [-0.1, -0.05) is 42.5 Å². The second kappa shape index (κ2) is 13.3. The summed E-state index contributed by atoms with van der Waals surface area (Å²) in [5.74, 6) is 0.849. The molecule has 0 saturated carbocycles. The molecule has 4 aromatic carbocycles. The lowest BCUT2D eigenvalue weighted by Crippen LogP contribution is -2.35. The van der Waals surface area contributed by atoms with Gasteiger partial charge in [0, 0.05) is 24.2 Å². The molecule has 4 bridgehead atoms. The molecule has 2 atom stereocenters. The fourth-order valence-electron chi connectivity index (χ4n) is 4.64. The quantitative estimate of drug-likeness (QED) is 0.209. The molecule has 4 aromatic rings. The van der Waals surface area contributed by atoms with Crippen molar-refractivity contribution in [3.05, 3.63) is 108 Å². The Labute approximate surface area is 251 Å². The fraction of sp³-hybridized carbons (Fsp3) is 0.242. The Bertz CT molecular complexity index is 1670. The molecular formula is C33H34N2O7S. The molecule has 0 amide bonds. The molecule has 1 heterocycles. The highest BCUT2D eigenvalue weighted by Gasteiger charge is 2.22. The van der Waals surface area contributed by atoms with Crippen LogP contribution < -0.4 is 19.5 Å². The second-order valence-corrected chi connectivity index (χ2v) is 11.9. The van der Waals surface area contributed by atoms with Gasteiger partial charge in [-0.05, 0) is 73.0 Å². The summed E-state index contributed by atoms with van der Waals surface area (Å²) in [7, 11) is -3.85. The number of carbonyl (C=O) groups is 1. The molecule has 0 spiro atoms. The Morgan fingerprint density at radius 1 is 1.00 bits per heavy atom. The number of esters is 1. The number of aliphatic hydroxyl groups is 1. The van der Waals surface area contributed by atoms with Gasteiger partial charge in [0.05, 0.1) is 28.9 Å². The monoisotopic (exact) mass is 602 g/mol. The number of hydrogen-bond donors (Lipinski definition) is 3. The minimum absolute atomic E-state index is 0.110. The van der Waals surface area contributed by atoms with E-state index in [2.05, 4.69) is 10.0 Å². The van der Waals surface area contributed by atoms with Crippen LogP contribution in [0.3, 0.4) is 0 Å². The van der Waals surface area contributed by atoms with Crippen LogP contribution in [0.2, 0.25) is 0 Å². The van der Waals surface area contributed by atoms with Crippen LogP contribution in [-0.2, 0) is 21.4 Å². The van der Waals surface area contributed by atoms with E-state index in [1.165, 1.54) is 6.07 Å². The van der Waals surface area contributed by atoms with Crippen LogP contribution in [0.5, 0.6) is 11.5 Å². The molecule has 3 N–H and O–H groups in total. The van der Waals surface area contributed by atoms with E-state index in [-0.39, 0.29) is 35.7 Å². The number of hydrogen-bond acceptors (Lipinski definition) is 8. The lowest BCUT2D eigenvalue weighted by molar-refractivity contribution is 0.0526. The number of ether oxygens (including phenoxy) is 3.